The summed E-state index contributed by atoms with van der Waals surface area (Å²) in [6, 6.07) is 5.72. The smallest absolute Gasteiger partial charge is 0.256 e. The van der Waals surface area contributed by atoms with Crippen LogP contribution in [0, 0.1) is 26.7 Å². The minimum atomic E-state index is -0.0570. The van der Waals surface area contributed by atoms with Crippen molar-refractivity contribution in [1.82, 2.24) is 30.0 Å². The number of likely N-dealkylation sites (tertiary alicyclic amines) is 1. The van der Waals surface area contributed by atoms with Gasteiger partial charge in [-0.15, -0.1) is 0 Å². The summed E-state index contributed by atoms with van der Waals surface area (Å²) in [6.45, 7) is 7.88. The number of aromatic nitrogens is 5. The van der Waals surface area contributed by atoms with Crippen molar-refractivity contribution >= 4 is 11.9 Å². The highest BCUT2D eigenvalue weighted by Gasteiger charge is 2.41. The van der Waals surface area contributed by atoms with Crippen molar-refractivity contribution < 1.29 is 9.32 Å². The Morgan fingerprint density at radius 3 is 2.63 bits per heavy atom. The van der Waals surface area contributed by atoms with Crippen molar-refractivity contribution in [2.75, 3.05) is 24.5 Å². The third kappa shape index (κ3) is 3.30. The SMILES string of the molecule is Cc1cc(C)nc(N2CC3CC2CN(C(=O)c2cccnc2-c2noc(C)n2)C3)n1. The summed E-state index contributed by atoms with van der Waals surface area (Å²) >= 11 is 0. The zero-order chi connectivity index (χ0) is 20.8. The molecule has 2 atom stereocenters. The molecule has 154 valence electrons. The molecule has 2 aliphatic rings. The molecule has 9 nitrogen and oxygen atoms in total. The maximum Gasteiger partial charge on any atom is 0.256 e. The van der Waals surface area contributed by atoms with Crippen LogP contribution in [0.4, 0.5) is 5.95 Å². The first-order chi connectivity index (χ1) is 14.5. The average Bonchev–Trinajstić information content (AvgIpc) is 3.29. The van der Waals surface area contributed by atoms with Crippen molar-refractivity contribution in [1.29, 1.82) is 0 Å². The molecule has 30 heavy (non-hydrogen) atoms. The molecular formula is C21H23N7O2. The van der Waals surface area contributed by atoms with Crippen LogP contribution in [0.1, 0.15) is 34.1 Å². The summed E-state index contributed by atoms with van der Waals surface area (Å²) in [5.74, 6) is 1.87. The quantitative estimate of drug-likeness (QED) is 0.654. The van der Waals surface area contributed by atoms with Gasteiger partial charge in [0.05, 0.1) is 5.56 Å². The highest BCUT2D eigenvalue weighted by Crippen LogP contribution is 2.33. The van der Waals surface area contributed by atoms with E-state index in [9.17, 15) is 4.79 Å². The predicted molar refractivity (Wildman–Crippen MR) is 109 cm³/mol. The number of aryl methyl sites for hydroxylation is 3. The second-order valence-electron chi connectivity index (χ2n) is 8.11. The fraction of sp³-hybridized carbons (Fsp3) is 0.429. The van der Waals surface area contributed by atoms with Gasteiger partial charge >= 0.3 is 0 Å². The van der Waals surface area contributed by atoms with E-state index in [1.54, 1.807) is 25.3 Å². The lowest BCUT2D eigenvalue weighted by Crippen LogP contribution is -2.45. The molecule has 2 fully saturated rings. The van der Waals surface area contributed by atoms with E-state index in [0.717, 1.165) is 30.3 Å². The number of fused-ring (bicyclic) bond motifs is 2. The first-order valence-corrected chi connectivity index (χ1v) is 10.1. The molecule has 2 aliphatic heterocycles. The molecular weight excluding hydrogens is 382 g/mol. The van der Waals surface area contributed by atoms with Crippen LogP contribution in [0.15, 0.2) is 28.9 Å². The Morgan fingerprint density at radius 1 is 1.10 bits per heavy atom. The zero-order valence-electron chi connectivity index (χ0n) is 17.2. The van der Waals surface area contributed by atoms with Crippen LogP contribution in [-0.4, -0.2) is 61.6 Å². The lowest BCUT2D eigenvalue weighted by atomic mass is 9.99. The molecule has 2 saturated heterocycles. The van der Waals surface area contributed by atoms with Crippen molar-refractivity contribution in [2.45, 2.75) is 33.2 Å². The van der Waals surface area contributed by atoms with Gasteiger partial charge in [0.2, 0.25) is 17.7 Å². The lowest BCUT2D eigenvalue weighted by molar-refractivity contribution is 0.0694. The molecule has 0 N–H and O–H groups in total. The second-order valence-corrected chi connectivity index (χ2v) is 8.11. The van der Waals surface area contributed by atoms with Gasteiger partial charge in [-0.05, 0) is 44.4 Å². The van der Waals surface area contributed by atoms with E-state index in [0.29, 0.717) is 42.0 Å². The highest BCUT2D eigenvalue weighted by atomic mass is 16.5. The van der Waals surface area contributed by atoms with E-state index in [-0.39, 0.29) is 11.9 Å². The molecule has 0 aliphatic carbocycles. The van der Waals surface area contributed by atoms with E-state index in [1.807, 2.05) is 24.8 Å². The Morgan fingerprint density at radius 2 is 1.90 bits per heavy atom. The molecule has 5 rings (SSSR count). The number of hydrogen-bond acceptors (Lipinski definition) is 8. The largest absolute Gasteiger partial charge is 0.339 e. The number of nitrogens with zero attached hydrogens (tertiary/aromatic N) is 7. The van der Waals surface area contributed by atoms with Crippen LogP contribution in [0.25, 0.3) is 11.5 Å². The van der Waals surface area contributed by atoms with E-state index in [2.05, 4.69) is 30.0 Å². The van der Waals surface area contributed by atoms with Crippen LogP contribution in [0.5, 0.6) is 0 Å². The summed E-state index contributed by atoms with van der Waals surface area (Å²) < 4.78 is 5.08. The van der Waals surface area contributed by atoms with Gasteiger partial charge in [0, 0.05) is 50.2 Å². The highest BCUT2D eigenvalue weighted by molar-refractivity contribution is 5.99. The van der Waals surface area contributed by atoms with Crippen LogP contribution < -0.4 is 4.90 Å². The standard InChI is InChI=1S/C21H23N7O2/c1-12-7-13(2)24-21(23-12)28-10-15-8-16(28)11-27(9-15)20(29)17-5-4-6-22-18(17)19-25-14(3)30-26-19/h4-7,15-16H,8-11H2,1-3H3. The molecule has 0 radical (unpaired) electrons. The van der Waals surface area contributed by atoms with Crippen LogP contribution in [0.3, 0.4) is 0 Å². The minimum Gasteiger partial charge on any atom is -0.339 e. The first kappa shape index (κ1) is 18.7. The molecule has 2 bridgehead atoms. The normalized spacial score (nSPS) is 20.6. The summed E-state index contributed by atoms with van der Waals surface area (Å²) in [5, 5.41) is 3.94. The summed E-state index contributed by atoms with van der Waals surface area (Å²) in [5.41, 5.74) is 2.87. The Labute approximate surface area is 174 Å². The van der Waals surface area contributed by atoms with E-state index >= 15 is 0 Å². The topological polar surface area (TPSA) is 101 Å². The maximum atomic E-state index is 13.4. The molecule has 3 aromatic rings. The number of carbonyl (C=O) groups excluding carboxylic acids is 1. The van der Waals surface area contributed by atoms with Crippen molar-refractivity contribution in [2.24, 2.45) is 5.92 Å². The first-order valence-electron chi connectivity index (χ1n) is 10.1. The fourth-order valence-corrected chi connectivity index (χ4v) is 4.53. The summed E-state index contributed by atoms with van der Waals surface area (Å²) in [7, 11) is 0. The summed E-state index contributed by atoms with van der Waals surface area (Å²) in [6.07, 6.45) is 2.68. The van der Waals surface area contributed by atoms with Crippen molar-refractivity contribution in [3.63, 3.8) is 0 Å². The van der Waals surface area contributed by atoms with Gasteiger partial charge in [0.1, 0.15) is 5.69 Å². The number of piperidine rings is 1. The van der Waals surface area contributed by atoms with E-state index in [4.69, 9.17) is 4.52 Å². The number of hydrogen-bond donors (Lipinski definition) is 0. The molecule has 9 heteroatoms. The predicted octanol–water partition coefficient (Wildman–Crippen LogP) is 2.20. The third-order valence-electron chi connectivity index (χ3n) is 5.70. The number of anilines is 1. The number of amides is 1. The van der Waals surface area contributed by atoms with Gasteiger partial charge < -0.3 is 14.3 Å². The maximum absolute atomic E-state index is 13.4. The van der Waals surface area contributed by atoms with Gasteiger partial charge in [-0.3, -0.25) is 9.78 Å². The van der Waals surface area contributed by atoms with Crippen molar-refractivity contribution in [3.05, 3.63) is 47.2 Å². The third-order valence-corrected chi connectivity index (χ3v) is 5.70. The molecule has 0 aromatic carbocycles. The van der Waals surface area contributed by atoms with Crippen LogP contribution >= 0.6 is 0 Å². The Bertz CT molecular complexity index is 1090. The van der Waals surface area contributed by atoms with Crippen LogP contribution in [-0.2, 0) is 0 Å². The Balaban J connectivity index is 1.41. The second kappa shape index (κ2) is 7.16. The van der Waals surface area contributed by atoms with Crippen molar-refractivity contribution in [3.8, 4) is 11.5 Å². The van der Waals surface area contributed by atoms with Gasteiger partial charge in [-0.25, -0.2) is 9.97 Å². The van der Waals surface area contributed by atoms with Gasteiger partial charge in [0.25, 0.3) is 5.91 Å². The molecule has 5 heterocycles. The molecule has 3 aromatic heterocycles. The Hall–Kier alpha value is -3.36. The Kier molecular flexibility index (Phi) is 4.45. The minimum absolute atomic E-state index is 0.0570. The molecule has 0 saturated carbocycles. The number of rotatable bonds is 3. The molecule has 1 amide bonds. The van der Waals surface area contributed by atoms with Gasteiger partial charge in [-0.2, -0.15) is 4.98 Å². The van der Waals surface area contributed by atoms with E-state index < -0.39 is 0 Å². The van der Waals surface area contributed by atoms with Gasteiger partial charge in [-0.1, -0.05) is 5.16 Å². The van der Waals surface area contributed by atoms with Gasteiger partial charge in [0.15, 0.2) is 0 Å². The van der Waals surface area contributed by atoms with Crippen LogP contribution in [0.2, 0.25) is 0 Å². The zero-order valence-corrected chi connectivity index (χ0v) is 17.2. The fourth-order valence-electron chi connectivity index (χ4n) is 4.53. The summed E-state index contributed by atoms with van der Waals surface area (Å²) in [4.78, 5) is 35.5. The average molecular weight is 405 g/mol. The monoisotopic (exact) mass is 405 g/mol. The molecule has 0 spiro atoms. The number of pyridine rings is 1. The van der Waals surface area contributed by atoms with E-state index in [1.165, 1.54) is 0 Å². The lowest BCUT2D eigenvalue weighted by Gasteiger charge is -2.33. The number of carbonyl (C=O) groups is 1. The molecule has 2 unspecified atom stereocenters.